The highest BCUT2D eigenvalue weighted by atomic mass is 16.5. The molecule has 0 unspecified atom stereocenters. The number of para-hydroxylation sites is 1. The number of carbonyl (C=O) groups is 1. The summed E-state index contributed by atoms with van der Waals surface area (Å²) >= 11 is 0. The van der Waals surface area contributed by atoms with Gasteiger partial charge in [-0.2, -0.15) is 0 Å². The summed E-state index contributed by atoms with van der Waals surface area (Å²) < 4.78 is 7.31. The summed E-state index contributed by atoms with van der Waals surface area (Å²) in [5, 5.41) is 4.59. The van der Waals surface area contributed by atoms with E-state index in [-0.39, 0.29) is 17.5 Å². The summed E-state index contributed by atoms with van der Waals surface area (Å²) in [7, 11) is 0. The summed E-state index contributed by atoms with van der Waals surface area (Å²) in [4.78, 5) is 36.2. The van der Waals surface area contributed by atoms with E-state index in [4.69, 9.17) is 4.74 Å². The molecule has 0 bridgehead atoms. The lowest BCUT2D eigenvalue weighted by Gasteiger charge is -2.37. The molecule has 0 saturated carbocycles. The van der Waals surface area contributed by atoms with Crippen LogP contribution >= 0.6 is 0 Å². The molecule has 2 aliphatic rings. The van der Waals surface area contributed by atoms with Crippen LogP contribution in [0.3, 0.4) is 0 Å². The number of benzene rings is 3. The van der Waals surface area contributed by atoms with Crippen molar-refractivity contribution in [3.8, 4) is 5.69 Å². The minimum absolute atomic E-state index is 0.0919. The molecular formula is C37H45N5O3. The van der Waals surface area contributed by atoms with Crippen LogP contribution in [0.2, 0.25) is 0 Å². The quantitative estimate of drug-likeness (QED) is 0.284. The van der Waals surface area contributed by atoms with Gasteiger partial charge in [0.15, 0.2) is 0 Å². The van der Waals surface area contributed by atoms with Crippen molar-refractivity contribution in [2.45, 2.75) is 32.9 Å². The van der Waals surface area contributed by atoms with Crippen molar-refractivity contribution in [1.29, 1.82) is 0 Å². The Morgan fingerprint density at radius 3 is 2.07 bits per heavy atom. The average molecular weight is 608 g/mol. The summed E-state index contributed by atoms with van der Waals surface area (Å²) in [6, 6.07) is 25.5. The van der Waals surface area contributed by atoms with Gasteiger partial charge in [-0.15, -0.1) is 0 Å². The predicted molar refractivity (Wildman–Crippen MR) is 180 cm³/mol. The summed E-state index contributed by atoms with van der Waals surface area (Å²) in [5.74, 6) is -0.150. The Kier molecular flexibility index (Phi) is 10.1. The molecule has 45 heavy (non-hydrogen) atoms. The lowest BCUT2D eigenvalue weighted by Crippen LogP contribution is -2.49. The number of rotatable bonds is 10. The lowest BCUT2D eigenvalue weighted by molar-refractivity contribution is 0.0296. The van der Waals surface area contributed by atoms with Gasteiger partial charge in [-0.05, 0) is 36.6 Å². The first kappa shape index (κ1) is 31.2. The van der Waals surface area contributed by atoms with E-state index in [9.17, 15) is 9.59 Å². The maximum atomic E-state index is 14.5. The van der Waals surface area contributed by atoms with E-state index in [0.29, 0.717) is 22.9 Å². The third-order valence-corrected chi connectivity index (χ3v) is 9.36. The molecule has 3 aromatic carbocycles. The molecule has 0 aliphatic carbocycles. The van der Waals surface area contributed by atoms with Gasteiger partial charge in [-0.1, -0.05) is 73.7 Å². The van der Waals surface area contributed by atoms with E-state index in [0.717, 1.165) is 94.5 Å². The smallest absolute Gasteiger partial charge is 0.263 e. The Labute approximate surface area is 266 Å². The van der Waals surface area contributed by atoms with Crippen LogP contribution in [0, 0.1) is 6.92 Å². The van der Waals surface area contributed by atoms with E-state index in [2.05, 4.69) is 39.1 Å². The van der Waals surface area contributed by atoms with Crippen molar-refractivity contribution in [3.05, 3.63) is 112 Å². The maximum Gasteiger partial charge on any atom is 0.263 e. The van der Waals surface area contributed by atoms with Crippen LogP contribution < -0.4 is 10.9 Å². The van der Waals surface area contributed by atoms with Gasteiger partial charge in [0.25, 0.3) is 11.5 Å². The third-order valence-electron chi connectivity index (χ3n) is 9.36. The van der Waals surface area contributed by atoms with Gasteiger partial charge in [0.2, 0.25) is 0 Å². The summed E-state index contributed by atoms with van der Waals surface area (Å²) in [6.45, 7) is 14.1. The van der Waals surface area contributed by atoms with Crippen LogP contribution in [0.15, 0.2) is 83.7 Å². The molecule has 2 aliphatic heterocycles. The van der Waals surface area contributed by atoms with Gasteiger partial charge in [0.05, 0.1) is 36.2 Å². The molecule has 236 valence electrons. The number of aryl methyl sites for hydroxylation is 1. The molecule has 4 aromatic rings. The second-order valence-electron chi connectivity index (χ2n) is 12.2. The molecule has 0 spiro atoms. The second kappa shape index (κ2) is 14.5. The van der Waals surface area contributed by atoms with E-state index in [1.54, 1.807) is 4.57 Å². The zero-order valence-corrected chi connectivity index (χ0v) is 26.6. The van der Waals surface area contributed by atoms with Crippen molar-refractivity contribution >= 4 is 16.7 Å². The Morgan fingerprint density at radius 1 is 0.778 bits per heavy atom. The first-order valence-corrected chi connectivity index (χ1v) is 16.4. The number of pyridine rings is 1. The van der Waals surface area contributed by atoms with Gasteiger partial charge < -0.3 is 10.1 Å². The van der Waals surface area contributed by atoms with E-state index in [1.165, 1.54) is 0 Å². The van der Waals surface area contributed by atoms with Crippen LogP contribution in [0.5, 0.6) is 0 Å². The number of hydrogen-bond acceptors (Lipinski definition) is 6. The molecule has 1 atom stereocenters. The number of ether oxygens (including phenoxy) is 1. The number of fused-ring (bicyclic) bond motifs is 1. The topological polar surface area (TPSA) is 70.1 Å². The van der Waals surface area contributed by atoms with E-state index >= 15 is 0 Å². The summed E-state index contributed by atoms with van der Waals surface area (Å²) in [6.07, 6.45) is 0.757. The van der Waals surface area contributed by atoms with Crippen LogP contribution in [-0.4, -0.2) is 90.7 Å². The maximum absolute atomic E-state index is 14.5. The number of nitrogens with zero attached hydrogens (tertiary/aromatic N) is 4. The molecule has 3 heterocycles. The largest absolute Gasteiger partial charge is 0.379 e. The average Bonchev–Trinajstić information content (AvgIpc) is 3.08. The Hall–Kier alpha value is -3.82. The van der Waals surface area contributed by atoms with Crippen LogP contribution in [0.25, 0.3) is 16.5 Å². The Balaban J connectivity index is 1.35. The number of hydrogen-bond donors (Lipinski definition) is 1. The highest BCUT2D eigenvalue weighted by Gasteiger charge is 2.28. The van der Waals surface area contributed by atoms with Gasteiger partial charge in [-0.3, -0.25) is 28.9 Å². The first-order valence-electron chi connectivity index (χ1n) is 16.4. The number of aromatic nitrogens is 1. The Bertz CT molecular complexity index is 1660. The van der Waals surface area contributed by atoms with Gasteiger partial charge in [-0.25, -0.2) is 0 Å². The van der Waals surface area contributed by atoms with E-state index < -0.39 is 0 Å². The first-order chi connectivity index (χ1) is 22.0. The fourth-order valence-corrected chi connectivity index (χ4v) is 6.70. The molecule has 2 fully saturated rings. The van der Waals surface area contributed by atoms with Gasteiger partial charge in [0, 0.05) is 69.7 Å². The van der Waals surface area contributed by atoms with Gasteiger partial charge in [0.1, 0.15) is 0 Å². The second-order valence-corrected chi connectivity index (χ2v) is 12.2. The lowest BCUT2D eigenvalue weighted by atomic mass is 9.99. The molecular weight excluding hydrogens is 562 g/mol. The van der Waals surface area contributed by atoms with Crippen LogP contribution in [-0.2, 0) is 11.3 Å². The molecule has 8 heteroatoms. The minimum atomic E-state index is -0.150. The normalized spacial score (nSPS) is 17.4. The minimum Gasteiger partial charge on any atom is -0.379 e. The van der Waals surface area contributed by atoms with Crippen molar-refractivity contribution < 1.29 is 9.53 Å². The molecule has 8 nitrogen and oxygen atoms in total. The standard InChI is InChI=1S/C37H45N5O3/c1-3-32(29-12-5-4-6-13-29)38-36(43)35-30-14-8-9-15-31(30)37(44)42(33-16-10-7-11-28(33)2)34(35)27-41-21-19-39(20-22-41)17-18-40-23-25-45-26-24-40/h4-16,32H,3,17-27H2,1-2H3,(H,38,43)/t32-/m0/s1. The Morgan fingerprint density at radius 2 is 1.38 bits per heavy atom. The molecule has 6 rings (SSSR count). The fourth-order valence-electron chi connectivity index (χ4n) is 6.70. The van der Waals surface area contributed by atoms with Gasteiger partial charge >= 0.3 is 0 Å². The van der Waals surface area contributed by atoms with E-state index in [1.807, 2.05) is 73.7 Å². The number of piperazine rings is 1. The third kappa shape index (κ3) is 7.05. The SMILES string of the molecule is CC[C@H](NC(=O)c1c(CN2CCN(CCN3CCOCC3)CC2)n(-c2ccccc2C)c(=O)c2ccccc12)c1ccccc1. The number of nitrogens with one attached hydrogen (secondary N) is 1. The molecule has 1 amide bonds. The monoisotopic (exact) mass is 607 g/mol. The number of amides is 1. The molecule has 0 radical (unpaired) electrons. The highest BCUT2D eigenvalue weighted by Crippen LogP contribution is 2.27. The zero-order chi connectivity index (χ0) is 31.2. The highest BCUT2D eigenvalue weighted by molar-refractivity contribution is 6.08. The van der Waals surface area contributed by atoms with Crippen LogP contribution in [0.4, 0.5) is 0 Å². The molecule has 2 saturated heterocycles. The summed E-state index contributed by atoms with van der Waals surface area (Å²) in [5.41, 5.74) is 4.11. The fraction of sp³-hybridized carbons (Fsp3) is 0.405. The predicted octanol–water partition coefficient (Wildman–Crippen LogP) is 4.63. The van der Waals surface area contributed by atoms with Crippen molar-refractivity contribution in [2.24, 2.45) is 0 Å². The number of carbonyl (C=O) groups excluding carboxylic acids is 1. The molecule has 1 aromatic heterocycles. The van der Waals surface area contributed by atoms with Crippen molar-refractivity contribution in [2.75, 3.05) is 65.6 Å². The van der Waals surface area contributed by atoms with Crippen LogP contribution in [0.1, 0.15) is 46.6 Å². The molecule has 1 N–H and O–H groups in total. The van der Waals surface area contributed by atoms with Crippen molar-refractivity contribution in [1.82, 2.24) is 24.6 Å². The zero-order valence-electron chi connectivity index (χ0n) is 26.6. The van der Waals surface area contributed by atoms with Crippen molar-refractivity contribution in [3.63, 3.8) is 0 Å². The number of morpholine rings is 1.